The molecule has 1 aliphatic carbocycles. The zero-order valence-corrected chi connectivity index (χ0v) is 17.5. The van der Waals surface area contributed by atoms with Crippen molar-refractivity contribution in [3.63, 3.8) is 0 Å². The Balaban J connectivity index is 1.68. The summed E-state index contributed by atoms with van der Waals surface area (Å²) in [4.78, 5) is 20.1. The zero-order valence-electron chi connectivity index (χ0n) is 17.5. The highest BCUT2D eigenvalue weighted by Gasteiger charge is 2.32. The third kappa shape index (κ3) is 2.83. The number of hydrogen-bond donors (Lipinski definition) is 3. The molecule has 168 valence electrons. The van der Waals surface area contributed by atoms with E-state index < -0.39 is 17.2 Å². The van der Waals surface area contributed by atoms with E-state index in [-0.39, 0.29) is 39.7 Å². The summed E-state index contributed by atoms with van der Waals surface area (Å²) in [5.41, 5.74) is 6.80. The van der Waals surface area contributed by atoms with E-state index in [1.165, 1.54) is 6.20 Å². The summed E-state index contributed by atoms with van der Waals surface area (Å²) in [6, 6.07) is 8.43. The Bertz CT molecular complexity index is 1730. The first-order valence-electron chi connectivity index (χ1n) is 10.6. The van der Waals surface area contributed by atoms with Crippen LogP contribution in [0.25, 0.3) is 43.8 Å². The van der Waals surface area contributed by atoms with Crippen molar-refractivity contribution in [2.24, 2.45) is 5.92 Å². The number of rotatable bonds is 3. The van der Waals surface area contributed by atoms with Gasteiger partial charge in [0.15, 0.2) is 11.6 Å². The second kappa shape index (κ2) is 7.25. The van der Waals surface area contributed by atoms with E-state index >= 15 is 0 Å². The van der Waals surface area contributed by atoms with Crippen molar-refractivity contribution < 1.29 is 13.5 Å². The van der Waals surface area contributed by atoms with Crippen LogP contribution in [0.3, 0.4) is 0 Å². The molecule has 0 bridgehead atoms. The molecule has 0 atom stereocenters. The number of nitriles is 1. The summed E-state index contributed by atoms with van der Waals surface area (Å²) >= 11 is 0. The van der Waals surface area contributed by atoms with Crippen LogP contribution in [0, 0.1) is 28.9 Å². The van der Waals surface area contributed by atoms with E-state index in [1.54, 1.807) is 24.4 Å². The van der Waals surface area contributed by atoms with Crippen molar-refractivity contribution in [1.82, 2.24) is 20.2 Å². The third-order valence-corrected chi connectivity index (χ3v) is 6.35. The SMILES string of the molecule is N#CC1CC(Oc2cc3c(-c4cc(F)c(F)c5[nH]ncc45)c(N)c(=O)[nH]c3c3cccnc23)C1. The van der Waals surface area contributed by atoms with E-state index in [1.807, 2.05) is 0 Å². The van der Waals surface area contributed by atoms with Gasteiger partial charge < -0.3 is 15.5 Å². The number of nitrogen functional groups attached to an aromatic ring is 1. The number of nitrogens with one attached hydrogen (secondary N) is 2. The van der Waals surface area contributed by atoms with E-state index in [4.69, 9.17) is 15.7 Å². The molecule has 5 aromatic rings. The summed E-state index contributed by atoms with van der Waals surface area (Å²) in [5.74, 6) is -1.78. The molecule has 4 N–H and O–H groups in total. The molecule has 8 nitrogen and oxygen atoms in total. The lowest BCUT2D eigenvalue weighted by Crippen LogP contribution is -2.32. The average Bonchev–Trinajstić information content (AvgIpc) is 3.30. The van der Waals surface area contributed by atoms with E-state index in [0.717, 1.165) is 6.07 Å². The van der Waals surface area contributed by atoms with Crippen LogP contribution in [0.5, 0.6) is 5.75 Å². The first kappa shape index (κ1) is 20.1. The Hall–Kier alpha value is -4.52. The summed E-state index contributed by atoms with van der Waals surface area (Å²) in [6.07, 6.45) is 4.01. The topological polar surface area (TPSA) is 133 Å². The molecule has 1 aliphatic rings. The number of ether oxygens (including phenoxy) is 1. The van der Waals surface area contributed by atoms with Gasteiger partial charge in [-0.15, -0.1) is 0 Å². The van der Waals surface area contributed by atoms with Crippen molar-refractivity contribution in [2.45, 2.75) is 18.9 Å². The Morgan fingerprint density at radius 2 is 2.00 bits per heavy atom. The third-order valence-electron chi connectivity index (χ3n) is 6.35. The predicted molar refractivity (Wildman–Crippen MR) is 122 cm³/mol. The number of aromatic nitrogens is 4. The molecule has 2 aromatic carbocycles. The van der Waals surface area contributed by atoms with Crippen molar-refractivity contribution in [1.29, 1.82) is 5.26 Å². The average molecular weight is 458 g/mol. The predicted octanol–water partition coefficient (Wildman–Crippen LogP) is 4.16. The Morgan fingerprint density at radius 3 is 2.79 bits per heavy atom. The van der Waals surface area contributed by atoms with Gasteiger partial charge in [0.25, 0.3) is 5.56 Å². The largest absolute Gasteiger partial charge is 0.488 e. The van der Waals surface area contributed by atoms with Gasteiger partial charge in [-0.2, -0.15) is 10.4 Å². The van der Waals surface area contributed by atoms with Crippen LogP contribution in [-0.2, 0) is 0 Å². The maximum atomic E-state index is 14.5. The van der Waals surface area contributed by atoms with Crippen molar-refractivity contribution in [2.75, 3.05) is 5.73 Å². The molecule has 0 spiro atoms. The highest BCUT2D eigenvalue weighted by Crippen LogP contribution is 2.42. The second-order valence-corrected chi connectivity index (χ2v) is 8.36. The number of nitrogens with two attached hydrogens (primary N) is 1. The second-order valence-electron chi connectivity index (χ2n) is 8.36. The zero-order chi connectivity index (χ0) is 23.6. The minimum absolute atomic E-state index is 0.0520. The van der Waals surface area contributed by atoms with Crippen LogP contribution in [-0.4, -0.2) is 26.3 Å². The van der Waals surface area contributed by atoms with Crippen LogP contribution < -0.4 is 16.0 Å². The molecule has 10 heteroatoms. The lowest BCUT2D eigenvalue weighted by Gasteiger charge is -2.31. The fourth-order valence-corrected chi connectivity index (χ4v) is 4.57. The monoisotopic (exact) mass is 458 g/mol. The van der Waals surface area contributed by atoms with Gasteiger partial charge in [-0.1, -0.05) is 0 Å². The van der Waals surface area contributed by atoms with Gasteiger partial charge in [0, 0.05) is 40.8 Å². The van der Waals surface area contributed by atoms with Gasteiger partial charge in [-0.25, -0.2) is 8.78 Å². The number of benzene rings is 2. The van der Waals surface area contributed by atoms with Crippen LogP contribution >= 0.6 is 0 Å². The van der Waals surface area contributed by atoms with Crippen LogP contribution in [0.2, 0.25) is 0 Å². The summed E-state index contributed by atoms with van der Waals surface area (Å²) in [6.45, 7) is 0. The lowest BCUT2D eigenvalue weighted by molar-refractivity contribution is 0.0908. The van der Waals surface area contributed by atoms with Crippen LogP contribution in [0.1, 0.15) is 12.8 Å². The minimum atomic E-state index is -1.10. The first-order valence-corrected chi connectivity index (χ1v) is 10.6. The Kier molecular flexibility index (Phi) is 4.29. The fourth-order valence-electron chi connectivity index (χ4n) is 4.57. The molecule has 0 unspecified atom stereocenters. The molecule has 1 saturated carbocycles. The number of H-pyrrole nitrogens is 2. The molecular formula is C24H16F2N6O2. The maximum Gasteiger partial charge on any atom is 0.272 e. The van der Waals surface area contributed by atoms with Crippen LogP contribution in [0.4, 0.5) is 14.5 Å². The standard InChI is InChI=1S/C24H16F2N6O2/c25-16-6-13(15-9-30-32-23(15)19(16)26)18-14-7-17(34-11-4-10(5-11)8-27)22-12(2-1-3-29-22)21(14)31-24(33)20(18)28/h1-3,6-7,9-11H,4-5,28H2,(H,30,32)(H,31,33). The molecule has 0 amide bonds. The summed E-state index contributed by atoms with van der Waals surface area (Å²) in [7, 11) is 0. The molecule has 1 fully saturated rings. The Labute approximate surface area is 190 Å². The van der Waals surface area contributed by atoms with E-state index in [0.29, 0.717) is 40.4 Å². The quantitative estimate of drug-likeness (QED) is 0.348. The van der Waals surface area contributed by atoms with Gasteiger partial charge in [0.2, 0.25) is 0 Å². The Morgan fingerprint density at radius 1 is 1.18 bits per heavy atom. The first-order chi connectivity index (χ1) is 16.5. The molecule has 0 saturated heterocycles. The highest BCUT2D eigenvalue weighted by molar-refractivity contribution is 6.15. The lowest BCUT2D eigenvalue weighted by atomic mass is 9.83. The van der Waals surface area contributed by atoms with E-state index in [9.17, 15) is 13.6 Å². The highest BCUT2D eigenvalue weighted by atomic mass is 19.2. The van der Waals surface area contributed by atoms with Gasteiger partial charge >= 0.3 is 0 Å². The number of hydrogen-bond acceptors (Lipinski definition) is 6. The smallest absolute Gasteiger partial charge is 0.272 e. The number of nitrogens with zero attached hydrogens (tertiary/aromatic N) is 3. The molecular weight excluding hydrogens is 442 g/mol. The summed E-state index contributed by atoms with van der Waals surface area (Å²) < 4.78 is 35.0. The van der Waals surface area contributed by atoms with Gasteiger partial charge in [0.05, 0.1) is 23.7 Å². The van der Waals surface area contributed by atoms with E-state index in [2.05, 4.69) is 26.2 Å². The number of anilines is 1. The molecule has 34 heavy (non-hydrogen) atoms. The molecule has 3 heterocycles. The van der Waals surface area contributed by atoms with Crippen molar-refractivity contribution in [3.8, 4) is 22.9 Å². The van der Waals surface area contributed by atoms with Gasteiger partial charge in [0.1, 0.15) is 28.6 Å². The molecule has 0 aliphatic heterocycles. The van der Waals surface area contributed by atoms with Gasteiger partial charge in [-0.3, -0.25) is 14.9 Å². The summed E-state index contributed by atoms with van der Waals surface area (Å²) in [5, 5.41) is 16.8. The molecule has 0 radical (unpaired) electrons. The normalized spacial score (nSPS) is 17.7. The van der Waals surface area contributed by atoms with Crippen LogP contribution in [0.15, 0.2) is 41.5 Å². The number of fused-ring (bicyclic) bond motifs is 4. The van der Waals surface area contributed by atoms with Crippen molar-refractivity contribution >= 4 is 38.4 Å². The molecule has 6 rings (SSSR count). The van der Waals surface area contributed by atoms with Gasteiger partial charge in [-0.05, 0) is 29.8 Å². The fraction of sp³-hybridized carbons (Fsp3) is 0.167. The minimum Gasteiger partial charge on any atom is -0.488 e. The van der Waals surface area contributed by atoms with Crippen molar-refractivity contribution in [3.05, 3.63) is 58.6 Å². The number of aromatic amines is 2. The number of halogens is 2. The number of pyridine rings is 2. The maximum absolute atomic E-state index is 14.5. The molecule has 3 aromatic heterocycles.